The van der Waals surface area contributed by atoms with Gasteiger partial charge in [0.2, 0.25) is 0 Å². The van der Waals surface area contributed by atoms with Crippen LogP contribution in [0.3, 0.4) is 0 Å². The minimum atomic E-state index is 0.361. The first-order valence-corrected chi connectivity index (χ1v) is 5.03. The lowest BCUT2D eigenvalue weighted by atomic mass is 10.3. The molecular weight excluding hydrogens is 190 g/mol. The van der Waals surface area contributed by atoms with Gasteiger partial charge in [-0.25, -0.2) is 9.97 Å². The molecule has 15 heavy (non-hydrogen) atoms. The molecule has 2 N–H and O–H groups in total. The normalized spacial score (nSPS) is 12.6. The Hall–Kier alpha value is -1.36. The molecule has 1 atom stereocenters. The highest BCUT2D eigenvalue weighted by Crippen LogP contribution is 2.08. The van der Waals surface area contributed by atoms with E-state index in [1.54, 1.807) is 6.33 Å². The average molecular weight is 209 g/mol. The summed E-state index contributed by atoms with van der Waals surface area (Å²) in [7, 11) is 5.95. The Bertz CT molecular complexity index is 300. The van der Waals surface area contributed by atoms with Gasteiger partial charge in [-0.2, -0.15) is 0 Å². The van der Waals surface area contributed by atoms with Crippen molar-refractivity contribution in [2.24, 2.45) is 0 Å². The highest BCUT2D eigenvalue weighted by atomic mass is 15.1. The minimum Gasteiger partial charge on any atom is -0.373 e. The summed E-state index contributed by atoms with van der Waals surface area (Å²) in [6.07, 6.45) is 1.55. The van der Waals surface area contributed by atoms with Gasteiger partial charge in [-0.3, -0.25) is 0 Å². The molecule has 0 amide bonds. The van der Waals surface area contributed by atoms with Crippen molar-refractivity contribution in [3.8, 4) is 0 Å². The number of nitrogens with zero attached hydrogens (tertiary/aromatic N) is 3. The molecule has 0 radical (unpaired) electrons. The van der Waals surface area contributed by atoms with Gasteiger partial charge in [0.15, 0.2) is 0 Å². The molecule has 0 aliphatic carbocycles. The highest BCUT2D eigenvalue weighted by Gasteiger charge is 2.04. The van der Waals surface area contributed by atoms with E-state index in [1.165, 1.54) is 0 Å². The number of hydrogen-bond acceptors (Lipinski definition) is 5. The van der Waals surface area contributed by atoms with E-state index in [4.69, 9.17) is 0 Å². The van der Waals surface area contributed by atoms with Crippen LogP contribution in [0.5, 0.6) is 0 Å². The van der Waals surface area contributed by atoms with Crippen LogP contribution in [0.2, 0.25) is 0 Å². The van der Waals surface area contributed by atoms with E-state index in [-0.39, 0.29) is 0 Å². The summed E-state index contributed by atoms with van der Waals surface area (Å²) in [6.45, 7) is 3.10. The molecule has 0 aliphatic heterocycles. The maximum Gasteiger partial charge on any atom is 0.131 e. The van der Waals surface area contributed by atoms with Crippen molar-refractivity contribution in [3.63, 3.8) is 0 Å². The second kappa shape index (κ2) is 5.50. The molecule has 0 aromatic carbocycles. The summed E-state index contributed by atoms with van der Waals surface area (Å²) in [5.74, 6) is 1.67. The molecule has 1 rings (SSSR count). The van der Waals surface area contributed by atoms with Crippen LogP contribution in [-0.4, -0.2) is 48.6 Å². The number of nitrogens with one attached hydrogen (secondary N) is 2. The van der Waals surface area contributed by atoms with Crippen molar-refractivity contribution >= 4 is 11.6 Å². The lowest BCUT2D eigenvalue weighted by Gasteiger charge is -2.18. The van der Waals surface area contributed by atoms with Gasteiger partial charge in [0.25, 0.3) is 0 Å². The topological polar surface area (TPSA) is 53.1 Å². The number of rotatable bonds is 5. The van der Waals surface area contributed by atoms with Gasteiger partial charge in [-0.1, -0.05) is 0 Å². The van der Waals surface area contributed by atoms with Gasteiger partial charge in [0, 0.05) is 25.7 Å². The fourth-order valence-corrected chi connectivity index (χ4v) is 1.42. The average Bonchev–Trinajstić information content (AvgIpc) is 2.16. The standard InChI is InChI=1S/C10H19N5/c1-8(6-15(3)4)14-10-5-9(11-2)12-7-13-10/h5,7-8H,6H2,1-4H3,(H2,11,12,13,14). The molecule has 1 aromatic heterocycles. The van der Waals surface area contributed by atoms with Gasteiger partial charge in [-0.05, 0) is 21.0 Å². The van der Waals surface area contributed by atoms with Crippen LogP contribution in [0.15, 0.2) is 12.4 Å². The van der Waals surface area contributed by atoms with Crippen molar-refractivity contribution in [2.45, 2.75) is 13.0 Å². The molecule has 84 valence electrons. The molecule has 1 unspecified atom stereocenters. The lowest BCUT2D eigenvalue weighted by Crippen LogP contribution is -2.29. The van der Waals surface area contributed by atoms with Crippen LogP contribution in [0.4, 0.5) is 11.6 Å². The van der Waals surface area contributed by atoms with Crippen LogP contribution < -0.4 is 10.6 Å². The van der Waals surface area contributed by atoms with Crippen LogP contribution in [0.1, 0.15) is 6.92 Å². The minimum absolute atomic E-state index is 0.361. The zero-order valence-electron chi connectivity index (χ0n) is 9.78. The van der Waals surface area contributed by atoms with Crippen molar-refractivity contribution in [1.29, 1.82) is 0 Å². The zero-order valence-corrected chi connectivity index (χ0v) is 9.78. The van der Waals surface area contributed by atoms with Gasteiger partial charge in [-0.15, -0.1) is 0 Å². The quantitative estimate of drug-likeness (QED) is 0.754. The molecule has 5 nitrogen and oxygen atoms in total. The summed E-state index contributed by atoms with van der Waals surface area (Å²) in [6, 6.07) is 2.26. The van der Waals surface area contributed by atoms with E-state index >= 15 is 0 Å². The van der Waals surface area contributed by atoms with Gasteiger partial charge in [0.1, 0.15) is 18.0 Å². The molecule has 1 heterocycles. The first-order chi connectivity index (χ1) is 7.11. The largest absolute Gasteiger partial charge is 0.373 e. The van der Waals surface area contributed by atoms with Crippen molar-refractivity contribution in [2.75, 3.05) is 38.3 Å². The molecule has 0 saturated carbocycles. The number of aromatic nitrogens is 2. The molecule has 5 heteroatoms. The smallest absolute Gasteiger partial charge is 0.131 e. The van der Waals surface area contributed by atoms with Gasteiger partial charge >= 0.3 is 0 Å². The fourth-order valence-electron chi connectivity index (χ4n) is 1.42. The maximum absolute atomic E-state index is 4.15. The Balaban J connectivity index is 2.55. The number of anilines is 2. The lowest BCUT2D eigenvalue weighted by molar-refractivity contribution is 0.392. The van der Waals surface area contributed by atoms with Gasteiger partial charge in [0.05, 0.1) is 0 Å². The molecule has 0 spiro atoms. The first-order valence-electron chi connectivity index (χ1n) is 5.03. The van der Waals surface area contributed by atoms with E-state index in [1.807, 2.05) is 13.1 Å². The van der Waals surface area contributed by atoms with E-state index in [0.29, 0.717) is 6.04 Å². The van der Waals surface area contributed by atoms with E-state index in [0.717, 1.165) is 18.2 Å². The second-order valence-corrected chi connectivity index (χ2v) is 3.85. The van der Waals surface area contributed by atoms with Crippen LogP contribution in [0.25, 0.3) is 0 Å². The predicted molar refractivity (Wildman–Crippen MR) is 63.2 cm³/mol. The van der Waals surface area contributed by atoms with Crippen LogP contribution in [-0.2, 0) is 0 Å². The van der Waals surface area contributed by atoms with Crippen molar-refractivity contribution in [1.82, 2.24) is 14.9 Å². The van der Waals surface area contributed by atoms with Crippen LogP contribution in [0, 0.1) is 0 Å². The third-order valence-electron chi connectivity index (χ3n) is 1.96. The Labute approximate surface area is 90.9 Å². The fraction of sp³-hybridized carbons (Fsp3) is 0.600. The van der Waals surface area contributed by atoms with E-state index in [2.05, 4.69) is 46.5 Å². The highest BCUT2D eigenvalue weighted by molar-refractivity contribution is 5.46. The van der Waals surface area contributed by atoms with Crippen molar-refractivity contribution in [3.05, 3.63) is 12.4 Å². The zero-order chi connectivity index (χ0) is 11.3. The monoisotopic (exact) mass is 209 g/mol. The Kier molecular flexibility index (Phi) is 4.30. The Morgan fingerprint density at radius 3 is 2.60 bits per heavy atom. The van der Waals surface area contributed by atoms with Gasteiger partial charge < -0.3 is 15.5 Å². The third-order valence-corrected chi connectivity index (χ3v) is 1.96. The maximum atomic E-state index is 4.15. The Morgan fingerprint density at radius 2 is 2.00 bits per heavy atom. The summed E-state index contributed by atoms with van der Waals surface area (Å²) in [4.78, 5) is 10.3. The molecule has 0 bridgehead atoms. The molecule has 0 aliphatic rings. The first kappa shape index (κ1) is 11.7. The summed E-state index contributed by atoms with van der Waals surface area (Å²) in [5.41, 5.74) is 0. The van der Waals surface area contributed by atoms with E-state index in [9.17, 15) is 0 Å². The summed E-state index contributed by atoms with van der Waals surface area (Å²) >= 11 is 0. The summed E-state index contributed by atoms with van der Waals surface area (Å²) < 4.78 is 0. The van der Waals surface area contributed by atoms with Crippen molar-refractivity contribution < 1.29 is 0 Å². The SMILES string of the molecule is CNc1cc(NC(C)CN(C)C)ncn1. The van der Waals surface area contributed by atoms with E-state index < -0.39 is 0 Å². The molecule has 0 saturated heterocycles. The molecule has 0 fully saturated rings. The third kappa shape index (κ3) is 4.12. The second-order valence-electron chi connectivity index (χ2n) is 3.85. The number of hydrogen-bond donors (Lipinski definition) is 2. The van der Waals surface area contributed by atoms with Crippen LogP contribution >= 0.6 is 0 Å². The predicted octanol–water partition coefficient (Wildman–Crippen LogP) is 0.880. The number of likely N-dealkylation sites (N-methyl/N-ethyl adjacent to an activating group) is 1. The molecular formula is C10H19N5. The molecule has 1 aromatic rings. The summed E-state index contributed by atoms with van der Waals surface area (Å²) in [5, 5.41) is 6.29. The Morgan fingerprint density at radius 1 is 1.33 bits per heavy atom.